The first-order chi connectivity index (χ1) is 33.2. The molecule has 0 aliphatic carbocycles. The van der Waals surface area contributed by atoms with E-state index in [2.05, 4.69) is 289 Å². The molecule has 0 fully saturated rings. The normalized spacial score (nSPS) is 11.6. The highest BCUT2D eigenvalue weighted by molar-refractivity contribution is 7.19. The first-order valence-electron chi connectivity index (χ1n) is 23.1. The largest absolute Gasteiger partial charge is 0.310 e. The van der Waals surface area contributed by atoms with E-state index in [0.29, 0.717) is 0 Å². The molecule has 0 radical (unpaired) electrons. The number of anilines is 3. The molecule has 0 saturated heterocycles. The average Bonchev–Trinajstić information content (AvgIpc) is 3.75. The Bertz CT molecular complexity index is 3570. The molecule has 0 aliphatic heterocycles. The van der Waals surface area contributed by atoms with Crippen LogP contribution in [0.4, 0.5) is 17.1 Å². The molecule has 67 heavy (non-hydrogen) atoms. The van der Waals surface area contributed by atoms with E-state index in [0.717, 1.165) is 22.7 Å². The van der Waals surface area contributed by atoms with E-state index in [1.54, 1.807) is 0 Å². The van der Waals surface area contributed by atoms with Crippen molar-refractivity contribution in [3.8, 4) is 27.9 Å². The molecule has 0 bridgehead atoms. The lowest BCUT2D eigenvalue weighted by Gasteiger charge is -2.35. The van der Waals surface area contributed by atoms with Crippen molar-refractivity contribution in [2.45, 2.75) is 0 Å². The van der Waals surface area contributed by atoms with Crippen molar-refractivity contribution in [3.05, 3.63) is 279 Å². The van der Waals surface area contributed by atoms with Crippen LogP contribution in [-0.2, 0) is 0 Å². The van der Waals surface area contributed by atoms with Crippen LogP contribution in [-0.4, -0.2) is 12.6 Å². The van der Waals surface area contributed by atoms with Gasteiger partial charge in [-0.1, -0.05) is 212 Å². The van der Waals surface area contributed by atoms with Gasteiger partial charge in [0, 0.05) is 33.5 Å². The molecule has 0 N–H and O–H groups in total. The molecule has 0 saturated carbocycles. The Hall–Kier alpha value is -8.50. The minimum Gasteiger partial charge on any atom is -0.310 e. The lowest BCUT2D eigenvalue weighted by molar-refractivity contribution is 1.18. The van der Waals surface area contributed by atoms with Gasteiger partial charge in [0.2, 0.25) is 0 Å². The van der Waals surface area contributed by atoms with Crippen LogP contribution in [0.25, 0.3) is 60.5 Å². The molecule has 0 spiro atoms. The van der Waals surface area contributed by atoms with Gasteiger partial charge in [0.25, 0.3) is 0 Å². The van der Waals surface area contributed by atoms with Gasteiger partial charge in [0.05, 0.1) is 11.0 Å². The highest BCUT2D eigenvalue weighted by Crippen LogP contribution is 2.41. The Kier molecular flexibility index (Phi) is 10.2. The molecule has 2 nitrogen and oxygen atoms in total. The molecular weight excluding hydrogens is 825 g/mol. The number of hydrogen-bond donors (Lipinski definition) is 0. The molecule has 12 aromatic rings. The number of hydrogen-bond acceptors (Lipinski definition) is 1. The summed E-state index contributed by atoms with van der Waals surface area (Å²) in [4.78, 5) is 2.44. The lowest BCUT2D eigenvalue weighted by atomic mass is 9.98. The molecule has 3 heteroatoms. The zero-order valence-corrected chi connectivity index (χ0v) is 38.0. The predicted molar refractivity (Wildman–Crippen MR) is 287 cm³/mol. The number of fused-ring (bicyclic) bond motifs is 4. The Labute approximate surface area is 392 Å². The second-order valence-electron chi connectivity index (χ2n) is 17.3. The Morgan fingerprint density at radius 3 is 1.46 bits per heavy atom. The van der Waals surface area contributed by atoms with Crippen LogP contribution in [0.1, 0.15) is 0 Å². The number of benzene rings is 11. The van der Waals surface area contributed by atoms with Gasteiger partial charge in [-0.25, -0.2) is 0 Å². The summed E-state index contributed by atoms with van der Waals surface area (Å²) in [7, 11) is -2.81. The molecule has 0 unspecified atom stereocenters. The van der Waals surface area contributed by atoms with Gasteiger partial charge in [-0.05, 0) is 121 Å². The zero-order chi connectivity index (χ0) is 44.6. The maximum atomic E-state index is 2.47. The first-order valence-corrected chi connectivity index (χ1v) is 25.1. The Morgan fingerprint density at radius 2 is 0.791 bits per heavy atom. The van der Waals surface area contributed by atoms with Crippen molar-refractivity contribution < 1.29 is 0 Å². The van der Waals surface area contributed by atoms with Gasteiger partial charge in [0.1, 0.15) is 0 Å². The summed E-state index contributed by atoms with van der Waals surface area (Å²) in [6.45, 7) is 0. The zero-order valence-electron chi connectivity index (χ0n) is 37.0. The summed E-state index contributed by atoms with van der Waals surface area (Å²) >= 11 is 0. The van der Waals surface area contributed by atoms with Gasteiger partial charge >= 0.3 is 0 Å². The molecule has 11 aromatic carbocycles. The lowest BCUT2D eigenvalue weighted by Crippen LogP contribution is -2.74. The second-order valence-corrected chi connectivity index (χ2v) is 21.1. The fourth-order valence-electron chi connectivity index (χ4n) is 10.5. The van der Waals surface area contributed by atoms with Crippen LogP contribution in [0.5, 0.6) is 0 Å². The first kappa shape index (κ1) is 40.0. The number of para-hydroxylation sites is 2. The standard InChI is InChI=1S/C64H46N2Si/c1-6-20-47(21-7-1)49-36-37-51-45-55(43-40-50(51)44-49)65(54-24-18-31-59(46-54)67(56-25-10-3-11-26-56,57-27-12-4-13-28-57)58-29-14-5-15-30-58)53-41-38-48(39-42-53)60-33-19-35-63-64(60)61-32-16-17-34-62(61)66(63)52-22-8-2-9-23-52/h1-46H. The molecule has 12 rings (SSSR count). The van der Waals surface area contributed by atoms with Crippen molar-refractivity contribution >= 4 is 78.5 Å². The third-order valence-electron chi connectivity index (χ3n) is 13.5. The Morgan fingerprint density at radius 1 is 0.299 bits per heavy atom. The maximum absolute atomic E-state index is 2.81. The fourth-order valence-corrected chi connectivity index (χ4v) is 15.3. The summed E-state index contributed by atoms with van der Waals surface area (Å²) in [6, 6.07) is 103. The average molecular weight is 871 g/mol. The van der Waals surface area contributed by atoms with Gasteiger partial charge in [-0.3, -0.25) is 0 Å². The van der Waals surface area contributed by atoms with Crippen molar-refractivity contribution in [1.29, 1.82) is 0 Å². The highest BCUT2D eigenvalue weighted by atomic mass is 28.3. The van der Waals surface area contributed by atoms with Crippen molar-refractivity contribution in [2.24, 2.45) is 0 Å². The number of rotatable bonds is 10. The molecule has 316 valence electrons. The van der Waals surface area contributed by atoms with E-state index in [9.17, 15) is 0 Å². The Balaban J connectivity index is 1.04. The summed E-state index contributed by atoms with van der Waals surface area (Å²) in [5.41, 5.74) is 11.7. The summed E-state index contributed by atoms with van der Waals surface area (Å²) in [5.74, 6) is 0. The molecular formula is C64H46N2Si. The van der Waals surface area contributed by atoms with E-state index < -0.39 is 8.07 Å². The molecule has 1 heterocycles. The van der Waals surface area contributed by atoms with Crippen LogP contribution in [0, 0.1) is 0 Å². The summed E-state index contributed by atoms with van der Waals surface area (Å²) in [5, 5.41) is 10.3. The van der Waals surface area contributed by atoms with E-state index in [4.69, 9.17) is 0 Å². The maximum Gasteiger partial charge on any atom is 0.179 e. The van der Waals surface area contributed by atoms with E-state index >= 15 is 0 Å². The third kappa shape index (κ3) is 7.05. The van der Waals surface area contributed by atoms with E-state index in [-0.39, 0.29) is 0 Å². The van der Waals surface area contributed by atoms with Crippen LogP contribution in [0.2, 0.25) is 0 Å². The molecule has 1 aromatic heterocycles. The van der Waals surface area contributed by atoms with Crippen molar-refractivity contribution in [3.63, 3.8) is 0 Å². The monoisotopic (exact) mass is 870 g/mol. The van der Waals surface area contributed by atoms with Gasteiger partial charge in [-0.2, -0.15) is 0 Å². The van der Waals surface area contributed by atoms with Gasteiger partial charge in [-0.15, -0.1) is 0 Å². The quantitative estimate of drug-likeness (QED) is 0.0982. The van der Waals surface area contributed by atoms with Crippen LogP contribution in [0.3, 0.4) is 0 Å². The van der Waals surface area contributed by atoms with Crippen molar-refractivity contribution in [1.82, 2.24) is 4.57 Å². The third-order valence-corrected chi connectivity index (χ3v) is 18.3. The van der Waals surface area contributed by atoms with Gasteiger partial charge < -0.3 is 9.47 Å². The highest BCUT2D eigenvalue weighted by Gasteiger charge is 2.41. The molecule has 0 atom stereocenters. The predicted octanol–water partition coefficient (Wildman–Crippen LogP) is 14.1. The summed E-state index contributed by atoms with van der Waals surface area (Å²) < 4.78 is 2.39. The number of aromatic nitrogens is 1. The smallest absolute Gasteiger partial charge is 0.179 e. The minimum atomic E-state index is -2.81. The van der Waals surface area contributed by atoms with Crippen LogP contribution < -0.4 is 25.6 Å². The number of nitrogens with zero attached hydrogens (tertiary/aromatic N) is 2. The van der Waals surface area contributed by atoms with Crippen LogP contribution >= 0.6 is 0 Å². The SMILES string of the molecule is c1ccc(-c2ccc3cc(N(c4ccc(-c5cccc6c5c5ccccc5n6-c5ccccc5)cc4)c4cccc([Si](c5ccccc5)(c5ccccc5)c5ccccc5)c4)ccc3c2)cc1. The second kappa shape index (κ2) is 17.1. The van der Waals surface area contributed by atoms with E-state index in [1.807, 2.05) is 0 Å². The minimum absolute atomic E-state index is 1.09. The van der Waals surface area contributed by atoms with Crippen molar-refractivity contribution in [2.75, 3.05) is 4.90 Å². The topological polar surface area (TPSA) is 8.17 Å². The van der Waals surface area contributed by atoms with Gasteiger partial charge in [0.15, 0.2) is 8.07 Å². The molecule has 0 aliphatic rings. The summed E-state index contributed by atoms with van der Waals surface area (Å²) in [6.07, 6.45) is 0. The van der Waals surface area contributed by atoms with Crippen LogP contribution in [0.15, 0.2) is 279 Å². The fraction of sp³-hybridized carbons (Fsp3) is 0. The van der Waals surface area contributed by atoms with E-state index in [1.165, 1.54) is 75.6 Å². The molecule has 0 amide bonds.